The number of hydrogen-bond donors (Lipinski definition) is 2. The summed E-state index contributed by atoms with van der Waals surface area (Å²) < 4.78 is 0. The van der Waals surface area contributed by atoms with Crippen molar-refractivity contribution in [3.8, 4) is 0 Å². The minimum Gasteiger partial charge on any atom is -0.481 e. The zero-order valence-corrected chi connectivity index (χ0v) is 10.8. The minimum atomic E-state index is -0.653. The number of carboxylic acid groups (broad SMARTS) is 1. The van der Waals surface area contributed by atoms with Crippen LogP contribution in [0.3, 0.4) is 0 Å². The molecular formula is C15H21NO2. The summed E-state index contributed by atoms with van der Waals surface area (Å²) in [5.74, 6) is -0.769. The van der Waals surface area contributed by atoms with Gasteiger partial charge in [0.25, 0.3) is 0 Å². The Hall–Kier alpha value is -1.61. The third-order valence-corrected chi connectivity index (χ3v) is 2.94. The molecule has 0 saturated heterocycles. The Bertz CT molecular complexity index is 385. The molecule has 3 N–H and O–H groups in total. The zero-order chi connectivity index (χ0) is 13.4. The number of carbonyl (C=O) groups is 1. The number of aliphatic carboxylic acids is 1. The van der Waals surface area contributed by atoms with Crippen LogP contribution in [0.4, 0.5) is 0 Å². The normalized spacial score (nSPS) is 19.6. The van der Waals surface area contributed by atoms with Gasteiger partial charge in [-0.15, -0.1) is 0 Å². The van der Waals surface area contributed by atoms with E-state index in [4.69, 9.17) is 10.8 Å². The van der Waals surface area contributed by atoms with Crippen molar-refractivity contribution in [1.29, 1.82) is 0 Å². The van der Waals surface area contributed by atoms with Gasteiger partial charge < -0.3 is 10.8 Å². The molecule has 1 aliphatic carbocycles. The van der Waals surface area contributed by atoms with Crippen LogP contribution in [-0.4, -0.2) is 11.1 Å². The summed E-state index contributed by atoms with van der Waals surface area (Å²) in [6.07, 6.45) is 6.44. The average molecular weight is 247 g/mol. The maximum absolute atomic E-state index is 10.3. The summed E-state index contributed by atoms with van der Waals surface area (Å²) in [6, 6.07) is 10.2. The summed E-state index contributed by atoms with van der Waals surface area (Å²) in [5, 5.41) is 8.50. The minimum absolute atomic E-state index is 0.116. The molecule has 0 aromatic heterocycles. The van der Waals surface area contributed by atoms with E-state index in [0.29, 0.717) is 0 Å². The standard InChI is InChI=1S/C8H11N.C7H10O2/c1-7(9)8-5-3-2-4-6-8;8-7(9)6-4-2-1-3-5-6/h2-7H,9H2,1H3;1-2,6H,3-5H2,(H,8,9)/t;6-/m.1/s1. The van der Waals surface area contributed by atoms with Gasteiger partial charge in [0.1, 0.15) is 0 Å². The lowest BCUT2D eigenvalue weighted by atomic mass is 9.95. The van der Waals surface area contributed by atoms with Gasteiger partial charge in [0.05, 0.1) is 5.92 Å². The highest BCUT2D eigenvalue weighted by molar-refractivity contribution is 5.70. The fourth-order valence-corrected chi connectivity index (χ4v) is 1.77. The van der Waals surface area contributed by atoms with Crippen LogP contribution in [0.5, 0.6) is 0 Å². The highest BCUT2D eigenvalue weighted by Gasteiger charge is 2.16. The molecule has 0 bridgehead atoms. The molecule has 0 saturated carbocycles. The summed E-state index contributed by atoms with van der Waals surface area (Å²) in [6.45, 7) is 1.98. The first-order chi connectivity index (χ1) is 8.61. The van der Waals surface area contributed by atoms with E-state index in [1.807, 2.05) is 49.4 Å². The number of nitrogens with two attached hydrogens (primary N) is 1. The topological polar surface area (TPSA) is 63.3 Å². The van der Waals surface area contributed by atoms with E-state index < -0.39 is 5.97 Å². The molecule has 0 spiro atoms. The molecule has 1 aliphatic rings. The second-order valence-corrected chi connectivity index (χ2v) is 4.52. The maximum atomic E-state index is 10.3. The molecule has 0 aliphatic heterocycles. The molecule has 0 heterocycles. The van der Waals surface area contributed by atoms with Crippen molar-refractivity contribution >= 4 is 5.97 Å². The Morgan fingerprint density at radius 2 is 2.00 bits per heavy atom. The zero-order valence-electron chi connectivity index (χ0n) is 10.8. The van der Waals surface area contributed by atoms with E-state index in [-0.39, 0.29) is 12.0 Å². The van der Waals surface area contributed by atoms with Gasteiger partial charge in [0.2, 0.25) is 0 Å². The van der Waals surface area contributed by atoms with Crippen LogP contribution in [0.15, 0.2) is 42.5 Å². The van der Waals surface area contributed by atoms with Crippen LogP contribution in [-0.2, 0) is 4.79 Å². The van der Waals surface area contributed by atoms with Gasteiger partial charge in [-0.05, 0) is 31.7 Å². The molecule has 2 rings (SSSR count). The largest absolute Gasteiger partial charge is 0.481 e. The molecule has 0 fully saturated rings. The molecule has 3 nitrogen and oxygen atoms in total. The molecule has 1 aromatic rings. The first kappa shape index (κ1) is 14.5. The predicted octanol–water partition coefficient (Wildman–Crippen LogP) is 3.13. The van der Waals surface area contributed by atoms with Gasteiger partial charge in [0.15, 0.2) is 0 Å². The van der Waals surface area contributed by atoms with Gasteiger partial charge >= 0.3 is 5.97 Å². The summed E-state index contributed by atoms with van der Waals surface area (Å²) in [4.78, 5) is 10.3. The maximum Gasteiger partial charge on any atom is 0.306 e. The molecule has 18 heavy (non-hydrogen) atoms. The third-order valence-electron chi connectivity index (χ3n) is 2.94. The van der Waals surface area contributed by atoms with Gasteiger partial charge in [-0.1, -0.05) is 42.5 Å². The highest BCUT2D eigenvalue weighted by atomic mass is 16.4. The molecule has 98 valence electrons. The summed E-state index contributed by atoms with van der Waals surface area (Å²) >= 11 is 0. The van der Waals surface area contributed by atoms with Gasteiger partial charge in [-0.25, -0.2) is 0 Å². The number of allylic oxidation sites excluding steroid dienone is 2. The van der Waals surface area contributed by atoms with Crippen LogP contribution in [0.2, 0.25) is 0 Å². The van der Waals surface area contributed by atoms with Crippen molar-refractivity contribution in [2.45, 2.75) is 32.2 Å². The fourth-order valence-electron chi connectivity index (χ4n) is 1.77. The summed E-state index contributed by atoms with van der Waals surface area (Å²) in [5.41, 5.74) is 6.81. The first-order valence-electron chi connectivity index (χ1n) is 6.29. The van der Waals surface area contributed by atoms with Crippen LogP contribution in [0, 0.1) is 5.92 Å². The van der Waals surface area contributed by atoms with Crippen molar-refractivity contribution in [3.05, 3.63) is 48.0 Å². The van der Waals surface area contributed by atoms with Crippen LogP contribution in [0.1, 0.15) is 37.8 Å². The monoisotopic (exact) mass is 247 g/mol. The molecule has 2 atom stereocenters. The van der Waals surface area contributed by atoms with Crippen LogP contribution >= 0.6 is 0 Å². The van der Waals surface area contributed by atoms with E-state index >= 15 is 0 Å². The highest BCUT2D eigenvalue weighted by Crippen LogP contribution is 2.17. The number of hydrogen-bond acceptors (Lipinski definition) is 2. The molecule has 0 radical (unpaired) electrons. The number of benzene rings is 1. The number of carboxylic acids is 1. The van der Waals surface area contributed by atoms with E-state index in [2.05, 4.69) is 0 Å². The Morgan fingerprint density at radius 3 is 2.33 bits per heavy atom. The molecule has 3 heteroatoms. The van der Waals surface area contributed by atoms with Gasteiger partial charge in [0, 0.05) is 6.04 Å². The smallest absolute Gasteiger partial charge is 0.306 e. The second kappa shape index (κ2) is 7.67. The van der Waals surface area contributed by atoms with Crippen LogP contribution < -0.4 is 5.73 Å². The van der Waals surface area contributed by atoms with Crippen molar-refractivity contribution < 1.29 is 9.90 Å². The Kier molecular flexibility index (Phi) is 6.15. The lowest BCUT2D eigenvalue weighted by Crippen LogP contribution is -2.13. The molecule has 0 amide bonds. The fraction of sp³-hybridized carbons (Fsp3) is 0.400. The molecule has 1 aromatic carbocycles. The Labute approximate surface area is 108 Å². The predicted molar refractivity (Wildman–Crippen MR) is 73.2 cm³/mol. The van der Waals surface area contributed by atoms with Gasteiger partial charge in [-0.2, -0.15) is 0 Å². The van der Waals surface area contributed by atoms with Crippen molar-refractivity contribution in [2.24, 2.45) is 11.7 Å². The third kappa shape index (κ3) is 5.15. The lowest BCUT2D eigenvalue weighted by molar-refractivity contribution is -0.141. The van der Waals surface area contributed by atoms with E-state index in [0.717, 1.165) is 19.3 Å². The molecule has 1 unspecified atom stereocenters. The Morgan fingerprint density at radius 1 is 1.33 bits per heavy atom. The summed E-state index contributed by atoms with van der Waals surface area (Å²) in [7, 11) is 0. The van der Waals surface area contributed by atoms with Crippen molar-refractivity contribution in [1.82, 2.24) is 0 Å². The average Bonchev–Trinajstić information content (AvgIpc) is 2.41. The van der Waals surface area contributed by atoms with E-state index in [1.165, 1.54) is 5.56 Å². The Balaban J connectivity index is 0.000000180. The number of rotatable bonds is 2. The van der Waals surface area contributed by atoms with E-state index in [1.54, 1.807) is 0 Å². The lowest BCUT2D eigenvalue weighted by Gasteiger charge is -2.11. The first-order valence-corrected chi connectivity index (χ1v) is 6.29. The van der Waals surface area contributed by atoms with Gasteiger partial charge in [-0.3, -0.25) is 4.79 Å². The van der Waals surface area contributed by atoms with Crippen LogP contribution in [0.25, 0.3) is 0 Å². The second-order valence-electron chi connectivity index (χ2n) is 4.52. The quantitative estimate of drug-likeness (QED) is 0.789. The van der Waals surface area contributed by atoms with Crippen molar-refractivity contribution in [2.75, 3.05) is 0 Å². The SMILES string of the molecule is CC(N)c1ccccc1.O=C(O)[C@@H]1CC=CCC1. The van der Waals surface area contributed by atoms with Crippen molar-refractivity contribution in [3.63, 3.8) is 0 Å². The molecular weight excluding hydrogens is 226 g/mol. The van der Waals surface area contributed by atoms with E-state index in [9.17, 15) is 4.79 Å².